The highest BCUT2D eigenvalue weighted by Gasteiger charge is 2.08. The predicted molar refractivity (Wildman–Crippen MR) is 61.6 cm³/mol. The van der Waals surface area contributed by atoms with E-state index in [-0.39, 0.29) is 11.5 Å². The fraction of sp³-hybridized carbons (Fsp3) is 0.167. The van der Waals surface area contributed by atoms with Crippen molar-refractivity contribution in [2.75, 3.05) is 5.32 Å². The molecular formula is C12H13NO3. The maximum atomic E-state index is 11.2. The zero-order valence-corrected chi connectivity index (χ0v) is 9.15. The van der Waals surface area contributed by atoms with Crippen molar-refractivity contribution in [2.24, 2.45) is 0 Å². The van der Waals surface area contributed by atoms with E-state index in [2.05, 4.69) is 5.32 Å². The van der Waals surface area contributed by atoms with Gasteiger partial charge in [0.25, 0.3) is 0 Å². The number of nitrogens with one attached hydrogen (secondary N) is 1. The number of rotatable bonds is 3. The van der Waals surface area contributed by atoms with E-state index in [1.807, 2.05) is 0 Å². The van der Waals surface area contributed by atoms with Gasteiger partial charge in [-0.3, -0.25) is 4.79 Å². The van der Waals surface area contributed by atoms with Crippen LogP contribution in [0, 0.1) is 6.92 Å². The van der Waals surface area contributed by atoms with E-state index in [0.29, 0.717) is 11.3 Å². The van der Waals surface area contributed by atoms with Gasteiger partial charge in [-0.05, 0) is 37.6 Å². The van der Waals surface area contributed by atoms with Crippen molar-refractivity contribution in [3.63, 3.8) is 0 Å². The normalized spacial score (nSPS) is 10.4. The summed E-state index contributed by atoms with van der Waals surface area (Å²) in [5.41, 5.74) is 1.33. The van der Waals surface area contributed by atoms with Crippen LogP contribution in [0.2, 0.25) is 0 Å². The average molecular weight is 219 g/mol. The van der Waals surface area contributed by atoms with Crippen LogP contribution >= 0.6 is 0 Å². The van der Waals surface area contributed by atoms with E-state index < -0.39 is 5.97 Å². The molecule has 0 saturated heterocycles. The molecule has 0 heterocycles. The van der Waals surface area contributed by atoms with Crippen LogP contribution in [0.3, 0.4) is 0 Å². The van der Waals surface area contributed by atoms with Crippen LogP contribution < -0.4 is 5.32 Å². The Bertz CT molecular complexity index is 450. The van der Waals surface area contributed by atoms with Gasteiger partial charge in [0.05, 0.1) is 5.56 Å². The lowest BCUT2D eigenvalue weighted by molar-refractivity contribution is -0.111. The summed E-state index contributed by atoms with van der Waals surface area (Å²) in [7, 11) is 0. The van der Waals surface area contributed by atoms with Crippen LogP contribution in [0.15, 0.2) is 30.4 Å². The van der Waals surface area contributed by atoms with Crippen molar-refractivity contribution >= 4 is 17.6 Å². The molecule has 1 rings (SSSR count). The molecule has 0 aliphatic heterocycles. The molecule has 4 heteroatoms. The number of aromatic carboxylic acids is 1. The zero-order chi connectivity index (χ0) is 12.1. The summed E-state index contributed by atoms with van der Waals surface area (Å²) in [6, 6.07) is 4.77. The van der Waals surface area contributed by atoms with Crippen molar-refractivity contribution in [3.05, 3.63) is 41.5 Å². The van der Waals surface area contributed by atoms with Gasteiger partial charge in [-0.15, -0.1) is 0 Å². The van der Waals surface area contributed by atoms with E-state index in [0.717, 1.165) is 0 Å². The van der Waals surface area contributed by atoms with E-state index in [9.17, 15) is 9.59 Å². The van der Waals surface area contributed by atoms with Crippen molar-refractivity contribution in [3.8, 4) is 0 Å². The topological polar surface area (TPSA) is 66.4 Å². The number of anilines is 1. The lowest BCUT2D eigenvalue weighted by Gasteiger charge is -2.05. The predicted octanol–water partition coefficient (Wildman–Crippen LogP) is 2.21. The van der Waals surface area contributed by atoms with Gasteiger partial charge in [-0.2, -0.15) is 0 Å². The van der Waals surface area contributed by atoms with Crippen LogP contribution in [-0.4, -0.2) is 17.0 Å². The van der Waals surface area contributed by atoms with Gasteiger partial charge >= 0.3 is 5.97 Å². The fourth-order valence-corrected chi connectivity index (χ4v) is 1.27. The molecule has 0 unspecified atom stereocenters. The smallest absolute Gasteiger partial charge is 0.336 e. The third kappa shape index (κ3) is 2.95. The molecule has 0 aromatic heterocycles. The lowest BCUT2D eigenvalue weighted by atomic mass is 10.1. The van der Waals surface area contributed by atoms with Gasteiger partial charge in [0, 0.05) is 5.69 Å². The van der Waals surface area contributed by atoms with Gasteiger partial charge in [0.2, 0.25) is 5.91 Å². The average Bonchev–Trinajstić information content (AvgIpc) is 2.21. The Kier molecular flexibility index (Phi) is 3.83. The fourth-order valence-electron chi connectivity index (χ4n) is 1.27. The summed E-state index contributed by atoms with van der Waals surface area (Å²) < 4.78 is 0. The van der Waals surface area contributed by atoms with E-state index in [1.165, 1.54) is 12.1 Å². The van der Waals surface area contributed by atoms with Gasteiger partial charge in [0.1, 0.15) is 0 Å². The molecular weight excluding hydrogens is 206 g/mol. The minimum atomic E-state index is -1.00. The molecule has 2 N–H and O–H groups in total. The second-order valence-corrected chi connectivity index (χ2v) is 3.32. The van der Waals surface area contributed by atoms with Gasteiger partial charge < -0.3 is 10.4 Å². The monoisotopic (exact) mass is 219 g/mol. The number of carbonyl (C=O) groups excluding carboxylic acids is 1. The molecule has 0 bridgehead atoms. The highest BCUT2D eigenvalue weighted by Crippen LogP contribution is 2.15. The van der Waals surface area contributed by atoms with Gasteiger partial charge in [-0.1, -0.05) is 12.1 Å². The van der Waals surface area contributed by atoms with Crippen LogP contribution in [0.1, 0.15) is 22.8 Å². The van der Waals surface area contributed by atoms with Crippen LogP contribution in [-0.2, 0) is 4.79 Å². The first-order chi connectivity index (χ1) is 7.54. The summed E-state index contributed by atoms with van der Waals surface area (Å²) in [5.74, 6) is -1.28. The second-order valence-electron chi connectivity index (χ2n) is 3.32. The third-order valence-electron chi connectivity index (χ3n) is 2.05. The summed E-state index contributed by atoms with van der Waals surface area (Å²) in [5, 5.41) is 11.5. The number of carboxylic acid groups (broad SMARTS) is 1. The molecule has 0 radical (unpaired) electrons. The number of carboxylic acids is 1. The number of carbonyl (C=O) groups is 2. The first kappa shape index (κ1) is 12.0. The quantitative estimate of drug-likeness (QED) is 0.766. The Morgan fingerprint density at radius 3 is 2.62 bits per heavy atom. The molecule has 16 heavy (non-hydrogen) atoms. The van der Waals surface area contributed by atoms with Crippen molar-refractivity contribution in [1.29, 1.82) is 0 Å². The van der Waals surface area contributed by atoms with Crippen molar-refractivity contribution < 1.29 is 14.7 Å². The molecule has 0 aliphatic carbocycles. The number of amides is 1. The Labute approximate surface area is 93.6 Å². The van der Waals surface area contributed by atoms with Crippen LogP contribution in [0.5, 0.6) is 0 Å². The minimum Gasteiger partial charge on any atom is -0.478 e. The first-order valence-electron chi connectivity index (χ1n) is 4.82. The molecule has 0 fully saturated rings. The first-order valence-corrected chi connectivity index (χ1v) is 4.82. The Morgan fingerprint density at radius 1 is 1.38 bits per heavy atom. The Balaban J connectivity index is 2.95. The number of hydrogen-bond donors (Lipinski definition) is 2. The van der Waals surface area contributed by atoms with E-state index >= 15 is 0 Å². The number of hydrogen-bond acceptors (Lipinski definition) is 2. The van der Waals surface area contributed by atoms with Crippen LogP contribution in [0.4, 0.5) is 5.69 Å². The molecule has 1 aromatic carbocycles. The zero-order valence-electron chi connectivity index (χ0n) is 9.15. The summed E-state index contributed by atoms with van der Waals surface area (Å²) in [6.07, 6.45) is 2.99. The number of allylic oxidation sites excluding steroid dienone is 1. The molecule has 1 aromatic rings. The SMILES string of the molecule is CC=CC(=O)Nc1ccc(C)c(C(=O)O)c1. The van der Waals surface area contributed by atoms with E-state index in [1.54, 1.807) is 32.1 Å². The summed E-state index contributed by atoms with van der Waals surface area (Å²) in [4.78, 5) is 22.1. The molecule has 0 spiro atoms. The number of aryl methyl sites for hydroxylation is 1. The second kappa shape index (κ2) is 5.11. The van der Waals surface area contributed by atoms with Gasteiger partial charge in [-0.25, -0.2) is 4.79 Å². The molecule has 0 saturated carbocycles. The molecule has 84 valence electrons. The van der Waals surface area contributed by atoms with Crippen molar-refractivity contribution in [1.82, 2.24) is 0 Å². The Hall–Kier alpha value is -2.10. The minimum absolute atomic E-state index is 0.193. The Morgan fingerprint density at radius 2 is 2.06 bits per heavy atom. The van der Waals surface area contributed by atoms with Gasteiger partial charge in [0.15, 0.2) is 0 Å². The van der Waals surface area contributed by atoms with Crippen LogP contribution in [0.25, 0.3) is 0 Å². The summed E-state index contributed by atoms with van der Waals surface area (Å²) in [6.45, 7) is 3.44. The van der Waals surface area contributed by atoms with Crippen molar-refractivity contribution in [2.45, 2.75) is 13.8 Å². The highest BCUT2D eigenvalue weighted by molar-refractivity contribution is 6.00. The third-order valence-corrected chi connectivity index (χ3v) is 2.05. The summed E-state index contributed by atoms with van der Waals surface area (Å²) >= 11 is 0. The lowest BCUT2D eigenvalue weighted by Crippen LogP contribution is -2.09. The maximum Gasteiger partial charge on any atom is 0.336 e. The standard InChI is InChI=1S/C12H13NO3/c1-3-4-11(14)13-9-6-5-8(2)10(7-9)12(15)16/h3-7H,1-2H3,(H,13,14)(H,15,16). The molecule has 4 nitrogen and oxygen atoms in total. The highest BCUT2D eigenvalue weighted by atomic mass is 16.4. The number of benzene rings is 1. The molecule has 0 atom stereocenters. The molecule has 1 amide bonds. The van der Waals surface area contributed by atoms with E-state index in [4.69, 9.17) is 5.11 Å². The largest absolute Gasteiger partial charge is 0.478 e. The molecule has 0 aliphatic rings. The maximum absolute atomic E-state index is 11.2.